The molecule has 0 aliphatic heterocycles. The molecule has 0 aliphatic carbocycles. The van der Waals surface area contributed by atoms with E-state index < -0.39 is 23.9 Å². The Bertz CT molecular complexity index is 811. The number of anilines is 2. The average molecular weight is 356 g/mol. The van der Waals surface area contributed by atoms with Gasteiger partial charge in [-0.2, -0.15) is 13.2 Å². The number of nitrogens with zero attached hydrogens (tertiary/aromatic N) is 2. The van der Waals surface area contributed by atoms with Gasteiger partial charge < -0.3 is 15.2 Å². The lowest BCUT2D eigenvalue weighted by atomic mass is 10.2. The van der Waals surface area contributed by atoms with E-state index in [0.717, 1.165) is 24.4 Å². The van der Waals surface area contributed by atoms with Crippen molar-refractivity contribution in [1.29, 1.82) is 0 Å². The molecule has 0 fully saturated rings. The van der Waals surface area contributed by atoms with Crippen LogP contribution in [0.15, 0.2) is 30.5 Å². The fourth-order valence-electron chi connectivity index (χ4n) is 1.80. The number of ether oxygens (including phenoxy) is 1. The van der Waals surface area contributed by atoms with E-state index in [9.17, 15) is 22.8 Å². The van der Waals surface area contributed by atoms with Crippen LogP contribution in [0.5, 0.6) is 5.75 Å². The zero-order valence-electron chi connectivity index (χ0n) is 12.6. The van der Waals surface area contributed by atoms with Gasteiger partial charge in [-0.1, -0.05) is 6.07 Å². The van der Waals surface area contributed by atoms with Gasteiger partial charge in [-0.3, -0.25) is 10.1 Å². The fourth-order valence-corrected chi connectivity index (χ4v) is 1.80. The molecular formula is C14H11F3N4O4. The van der Waals surface area contributed by atoms with E-state index in [4.69, 9.17) is 9.84 Å². The van der Waals surface area contributed by atoms with Gasteiger partial charge in [0.15, 0.2) is 0 Å². The molecule has 0 atom stereocenters. The summed E-state index contributed by atoms with van der Waals surface area (Å²) >= 11 is 0. The van der Waals surface area contributed by atoms with Gasteiger partial charge in [-0.05, 0) is 12.1 Å². The van der Waals surface area contributed by atoms with Crippen LogP contribution >= 0.6 is 0 Å². The molecule has 2 rings (SSSR count). The van der Waals surface area contributed by atoms with Crippen molar-refractivity contribution in [2.45, 2.75) is 6.18 Å². The molecule has 2 aromatic rings. The molecule has 0 radical (unpaired) electrons. The Morgan fingerprint density at radius 3 is 2.52 bits per heavy atom. The monoisotopic (exact) mass is 356 g/mol. The number of halogens is 3. The molecule has 3 N–H and O–H groups in total. The molecule has 2 aromatic heterocycles. The second-order valence-corrected chi connectivity index (χ2v) is 4.56. The Hall–Kier alpha value is -3.37. The number of carboxylic acid groups (broad SMARTS) is 1. The Morgan fingerprint density at radius 2 is 1.92 bits per heavy atom. The smallest absolute Gasteiger partial charge is 0.433 e. The first-order chi connectivity index (χ1) is 11.7. The lowest BCUT2D eigenvalue weighted by Crippen LogP contribution is -2.17. The third kappa shape index (κ3) is 4.56. The normalized spacial score (nSPS) is 10.9. The average Bonchev–Trinajstić information content (AvgIpc) is 2.53. The lowest BCUT2D eigenvalue weighted by Gasteiger charge is -2.11. The Balaban J connectivity index is 2.25. The number of hydrogen-bond acceptors (Lipinski definition) is 5. The number of methoxy groups -OCH3 is 1. The summed E-state index contributed by atoms with van der Waals surface area (Å²) < 4.78 is 42.9. The summed E-state index contributed by atoms with van der Waals surface area (Å²) in [5.74, 6) is -1.24. The quantitative estimate of drug-likeness (QED) is 0.776. The molecular weight excluding hydrogens is 345 g/mol. The zero-order valence-corrected chi connectivity index (χ0v) is 12.6. The highest BCUT2D eigenvalue weighted by atomic mass is 19.4. The van der Waals surface area contributed by atoms with Crippen molar-refractivity contribution in [2.24, 2.45) is 0 Å². The van der Waals surface area contributed by atoms with Crippen molar-refractivity contribution in [3.05, 3.63) is 41.7 Å². The van der Waals surface area contributed by atoms with Crippen LogP contribution in [0.1, 0.15) is 16.1 Å². The topological polar surface area (TPSA) is 113 Å². The second-order valence-electron chi connectivity index (χ2n) is 4.56. The van der Waals surface area contributed by atoms with E-state index in [-0.39, 0.29) is 22.9 Å². The number of rotatable bonds is 4. The molecule has 2 amide bonds. The third-order valence-electron chi connectivity index (χ3n) is 2.85. The van der Waals surface area contributed by atoms with Crippen molar-refractivity contribution < 1.29 is 32.6 Å². The van der Waals surface area contributed by atoms with Gasteiger partial charge in [0, 0.05) is 12.3 Å². The first kappa shape index (κ1) is 18.0. The van der Waals surface area contributed by atoms with Crippen molar-refractivity contribution >= 4 is 23.6 Å². The Morgan fingerprint density at radius 1 is 1.20 bits per heavy atom. The van der Waals surface area contributed by atoms with E-state index in [2.05, 4.69) is 15.3 Å². The summed E-state index contributed by atoms with van der Waals surface area (Å²) in [6.07, 6.45) is -4.99. The molecule has 132 valence electrons. The maximum atomic E-state index is 12.6. The van der Waals surface area contributed by atoms with Gasteiger partial charge >= 0.3 is 12.3 Å². The largest absolute Gasteiger partial charge is 0.496 e. The minimum atomic E-state index is -4.65. The van der Waals surface area contributed by atoms with E-state index in [1.165, 1.54) is 13.2 Å². The van der Waals surface area contributed by atoms with Gasteiger partial charge in [0.25, 0.3) is 5.91 Å². The van der Waals surface area contributed by atoms with Crippen LogP contribution in [0.3, 0.4) is 0 Å². The standard InChI is InChI=1S/C14H11F3N4O4/c1-25-8-5-11(21-13(23)24)18-6-7(8)12(22)20-10-4-2-3-9(19-10)14(15,16)17/h2-6H,1H3,(H,18,21)(H,23,24)(H,19,20,22). The molecule has 0 unspecified atom stereocenters. The van der Waals surface area contributed by atoms with E-state index in [1.807, 2.05) is 5.32 Å². The predicted molar refractivity (Wildman–Crippen MR) is 79.6 cm³/mol. The van der Waals surface area contributed by atoms with Crippen LogP contribution in [-0.4, -0.2) is 34.2 Å². The summed E-state index contributed by atoms with van der Waals surface area (Å²) in [5, 5.41) is 12.8. The highest BCUT2D eigenvalue weighted by molar-refractivity contribution is 6.05. The first-order valence-electron chi connectivity index (χ1n) is 6.60. The van der Waals surface area contributed by atoms with Gasteiger partial charge in [0.05, 0.1) is 7.11 Å². The van der Waals surface area contributed by atoms with Crippen LogP contribution in [0, 0.1) is 0 Å². The second kappa shape index (κ2) is 7.03. The minimum absolute atomic E-state index is 0.0248. The first-order valence-corrected chi connectivity index (χ1v) is 6.60. The van der Waals surface area contributed by atoms with Gasteiger partial charge in [0.2, 0.25) is 0 Å². The predicted octanol–water partition coefficient (Wildman–Crippen LogP) is 2.85. The molecule has 8 nitrogen and oxygen atoms in total. The Labute approximate surface area is 138 Å². The number of pyridine rings is 2. The SMILES string of the molecule is COc1cc(NC(=O)O)ncc1C(=O)Nc1cccc(C(F)(F)F)n1. The lowest BCUT2D eigenvalue weighted by molar-refractivity contribution is -0.141. The summed E-state index contributed by atoms with van der Waals surface area (Å²) in [6, 6.07) is 4.21. The molecule has 11 heteroatoms. The van der Waals surface area contributed by atoms with Crippen molar-refractivity contribution in [2.75, 3.05) is 17.7 Å². The van der Waals surface area contributed by atoms with Crippen LogP contribution in [0.2, 0.25) is 0 Å². The van der Waals surface area contributed by atoms with Gasteiger partial charge in [0.1, 0.15) is 28.6 Å². The maximum absolute atomic E-state index is 12.6. The third-order valence-corrected chi connectivity index (χ3v) is 2.85. The molecule has 2 heterocycles. The molecule has 0 spiro atoms. The summed E-state index contributed by atoms with van der Waals surface area (Å²) in [7, 11) is 1.24. The summed E-state index contributed by atoms with van der Waals surface area (Å²) in [5.41, 5.74) is -1.27. The van der Waals surface area contributed by atoms with Crippen LogP contribution < -0.4 is 15.4 Å². The Kier molecular flexibility index (Phi) is 5.05. The van der Waals surface area contributed by atoms with E-state index in [0.29, 0.717) is 0 Å². The maximum Gasteiger partial charge on any atom is 0.433 e. The molecule has 0 saturated heterocycles. The summed E-state index contributed by atoms with van der Waals surface area (Å²) in [4.78, 5) is 29.8. The van der Waals surface area contributed by atoms with Crippen molar-refractivity contribution in [3.8, 4) is 5.75 Å². The number of carbonyl (C=O) groups is 2. The number of nitrogens with one attached hydrogen (secondary N) is 2. The summed E-state index contributed by atoms with van der Waals surface area (Å²) in [6.45, 7) is 0. The van der Waals surface area contributed by atoms with Gasteiger partial charge in [-0.15, -0.1) is 0 Å². The minimum Gasteiger partial charge on any atom is -0.496 e. The number of hydrogen-bond donors (Lipinski definition) is 3. The van der Waals surface area contributed by atoms with E-state index >= 15 is 0 Å². The van der Waals surface area contributed by atoms with Crippen molar-refractivity contribution in [3.63, 3.8) is 0 Å². The van der Waals surface area contributed by atoms with Crippen LogP contribution in [-0.2, 0) is 6.18 Å². The zero-order chi connectivity index (χ0) is 18.6. The van der Waals surface area contributed by atoms with Crippen LogP contribution in [0.4, 0.5) is 29.6 Å². The number of amides is 2. The molecule has 0 bridgehead atoms. The highest BCUT2D eigenvalue weighted by Gasteiger charge is 2.32. The number of aromatic nitrogens is 2. The number of carbonyl (C=O) groups excluding carboxylic acids is 1. The number of alkyl halides is 3. The van der Waals surface area contributed by atoms with Gasteiger partial charge in [-0.25, -0.2) is 14.8 Å². The fraction of sp³-hybridized carbons (Fsp3) is 0.143. The highest BCUT2D eigenvalue weighted by Crippen LogP contribution is 2.28. The molecule has 0 aliphatic rings. The van der Waals surface area contributed by atoms with E-state index in [1.54, 1.807) is 0 Å². The molecule has 0 aromatic carbocycles. The molecule has 0 saturated carbocycles. The van der Waals surface area contributed by atoms with Crippen molar-refractivity contribution in [1.82, 2.24) is 9.97 Å². The molecule has 25 heavy (non-hydrogen) atoms. The van der Waals surface area contributed by atoms with Crippen LogP contribution in [0.25, 0.3) is 0 Å².